The number of carbonyl (C=O) groups is 2. The first-order valence-corrected chi connectivity index (χ1v) is 26.7. The number of aromatic nitrogens is 7. The number of aliphatic imine (C=N–C) groups is 1. The zero-order valence-electron chi connectivity index (χ0n) is 46.3. The number of methoxy groups -OCH3 is 2. The number of benzene rings is 3. The van der Waals surface area contributed by atoms with Gasteiger partial charge in [-0.1, -0.05) is 70.2 Å². The number of fused-ring (bicyclic) bond motifs is 1. The number of rotatable bonds is 16. The molecule has 1 fully saturated rings. The fourth-order valence-corrected chi connectivity index (χ4v) is 9.24. The molecule has 8 aromatic rings. The summed E-state index contributed by atoms with van der Waals surface area (Å²) in [6.45, 7) is 16.4. The van der Waals surface area contributed by atoms with Gasteiger partial charge in [0.05, 0.1) is 30.9 Å². The Labute approximate surface area is 460 Å². The summed E-state index contributed by atoms with van der Waals surface area (Å²) in [6.07, 6.45) is 7.29. The first kappa shape index (κ1) is 58.1. The van der Waals surface area contributed by atoms with E-state index in [1.54, 1.807) is 68.3 Å². The summed E-state index contributed by atoms with van der Waals surface area (Å²) < 4.78 is 27.8. The number of nitrogens with one attached hydrogen (secondary N) is 5. The van der Waals surface area contributed by atoms with Gasteiger partial charge in [0.15, 0.2) is 11.5 Å². The number of halogens is 1. The summed E-state index contributed by atoms with van der Waals surface area (Å²) in [7, 11) is 4.81. The molecule has 0 atom stereocenters. The maximum Gasteiger partial charge on any atom is 0.278 e. The predicted molar refractivity (Wildman–Crippen MR) is 312 cm³/mol. The van der Waals surface area contributed by atoms with Gasteiger partial charge in [-0.05, 0) is 90.7 Å². The predicted octanol–water partition coefficient (Wildman–Crippen LogP) is 8.55. The average Bonchev–Trinajstić information content (AvgIpc) is 4.16. The van der Waals surface area contributed by atoms with Gasteiger partial charge in [-0.3, -0.25) is 24.3 Å². The minimum atomic E-state index is -0.426. The molecular weight excluding hydrogens is 1000 g/mol. The van der Waals surface area contributed by atoms with Crippen molar-refractivity contribution in [1.82, 2.24) is 49.8 Å². The molecule has 1 saturated heterocycles. The third-order valence-corrected chi connectivity index (χ3v) is 12.9. The molecule has 0 aliphatic carbocycles. The van der Waals surface area contributed by atoms with E-state index in [-0.39, 0.29) is 17.4 Å². The number of ether oxygens (including phenoxy) is 2. The van der Waals surface area contributed by atoms with Gasteiger partial charge in [0.1, 0.15) is 22.9 Å². The molecule has 0 unspecified atom stereocenters. The molecule has 7 heterocycles. The first-order chi connectivity index (χ1) is 38.7. The summed E-state index contributed by atoms with van der Waals surface area (Å²) in [5.74, 6) is 1.20. The Kier molecular flexibility index (Phi) is 21.1. The van der Waals surface area contributed by atoms with E-state index in [0.29, 0.717) is 90.4 Å². The lowest BCUT2D eigenvalue weighted by Crippen LogP contribution is -2.45. The molecule has 10 rings (SSSR count). The van der Waals surface area contributed by atoms with Crippen LogP contribution in [-0.4, -0.2) is 131 Å². The Morgan fingerprint density at radius 1 is 0.861 bits per heavy atom. The molecule has 3 aromatic carbocycles. The minimum absolute atomic E-state index is 0.200. The fourth-order valence-electron chi connectivity index (χ4n) is 9.24. The number of H-pyrrole nitrogens is 1. The summed E-state index contributed by atoms with van der Waals surface area (Å²) in [5.41, 5.74) is 7.97. The molecule has 414 valence electrons. The van der Waals surface area contributed by atoms with E-state index in [9.17, 15) is 18.8 Å². The second kappa shape index (κ2) is 28.7. The SMILES string of the molecule is C/C=C(/C(=O)NCCOC)C(=NC)Nc1ccccn1.CC.CC.COCCn1c(=O)c2cnc(Nc3ccc(N4CCN(Cc5ccc(-c6[nH]c7cc(F)cc8c7c6CCNC8=O)cc5)CC4)cc3)nc2n1-c1ccccn1. The maximum absolute atomic E-state index is 14.3. The highest BCUT2D eigenvalue weighted by atomic mass is 19.1. The van der Waals surface area contributed by atoms with E-state index < -0.39 is 5.82 Å². The molecule has 19 nitrogen and oxygen atoms in total. The van der Waals surface area contributed by atoms with E-state index in [1.807, 2.05) is 70.2 Å². The molecule has 5 N–H and O–H groups in total. The van der Waals surface area contributed by atoms with Gasteiger partial charge in [0.25, 0.3) is 17.4 Å². The van der Waals surface area contributed by atoms with Crippen LogP contribution in [0.25, 0.3) is 39.0 Å². The van der Waals surface area contributed by atoms with Crippen molar-refractivity contribution in [3.05, 3.63) is 160 Å². The number of hydrogen-bond acceptors (Lipinski definition) is 13. The third kappa shape index (κ3) is 14.1. The zero-order valence-corrected chi connectivity index (χ0v) is 46.3. The highest BCUT2D eigenvalue weighted by Gasteiger charge is 2.25. The van der Waals surface area contributed by atoms with Crippen LogP contribution < -0.4 is 31.7 Å². The van der Waals surface area contributed by atoms with Gasteiger partial charge < -0.3 is 40.6 Å². The number of amidine groups is 1. The standard InChI is InChI=1S/C41H39FN10O3.C14H20N4O2.2C2H6/c1-55-21-20-51-40(54)33-24-45-41(48-38(33)52(51)35-4-2-3-14-43-35)46-29-9-11-30(12-10-29)50-18-16-49(17-19-50)25-26-5-7-27(8-6-26)37-31-13-15-44-39(53)32-22-28(42)23-34(47-37)36(31)32;1-4-11(14(19)17-9-10-20-3)13(15-2)18-12-7-5-6-8-16-12;2*1-2/h2-12,14,22-24,47H,13,15-21,25H2,1H3,(H,44,53)(H,45,46,48);4-8H,9-10H2,1-3H3,(H,17,19)(H,15,16,18);2*1-2H3/b;11-4+;;. The third-order valence-electron chi connectivity index (χ3n) is 12.9. The number of allylic oxidation sites excluding steroid dienone is 1. The van der Waals surface area contributed by atoms with E-state index in [4.69, 9.17) is 14.5 Å². The Hall–Kier alpha value is -8.59. The van der Waals surface area contributed by atoms with Crippen molar-refractivity contribution >= 4 is 62.7 Å². The van der Waals surface area contributed by atoms with Crippen molar-refractivity contribution in [2.45, 2.75) is 54.1 Å². The van der Waals surface area contributed by atoms with Crippen LogP contribution in [0.5, 0.6) is 0 Å². The van der Waals surface area contributed by atoms with Crippen LogP contribution in [0.4, 0.5) is 27.5 Å². The summed E-state index contributed by atoms with van der Waals surface area (Å²) in [6, 6.07) is 30.6. The topological polar surface area (TPSA) is 214 Å². The molecule has 79 heavy (non-hydrogen) atoms. The molecule has 0 spiro atoms. The van der Waals surface area contributed by atoms with E-state index in [1.165, 1.54) is 17.7 Å². The van der Waals surface area contributed by atoms with Crippen LogP contribution in [0.1, 0.15) is 56.1 Å². The number of anilines is 4. The van der Waals surface area contributed by atoms with Crippen molar-refractivity contribution in [2.24, 2.45) is 4.99 Å². The number of pyridine rings is 2. The Morgan fingerprint density at radius 2 is 1.58 bits per heavy atom. The lowest BCUT2D eigenvalue weighted by Gasteiger charge is -2.36. The lowest BCUT2D eigenvalue weighted by molar-refractivity contribution is -0.117. The monoisotopic (exact) mass is 1070 g/mol. The van der Waals surface area contributed by atoms with E-state index >= 15 is 0 Å². The van der Waals surface area contributed by atoms with Gasteiger partial charge in [0.2, 0.25) is 5.95 Å². The van der Waals surface area contributed by atoms with Gasteiger partial charge in [0, 0.05) is 114 Å². The quantitative estimate of drug-likeness (QED) is 0.0266. The first-order valence-electron chi connectivity index (χ1n) is 26.7. The molecule has 0 bridgehead atoms. The summed E-state index contributed by atoms with van der Waals surface area (Å²) >= 11 is 0. The minimum Gasteiger partial charge on any atom is -0.383 e. The summed E-state index contributed by atoms with van der Waals surface area (Å²) in [4.78, 5) is 68.1. The normalized spacial score (nSPS) is 13.5. The zero-order chi connectivity index (χ0) is 56.3. The van der Waals surface area contributed by atoms with Crippen LogP contribution in [0.2, 0.25) is 0 Å². The van der Waals surface area contributed by atoms with E-state index in [2.05, 4.69) is 92.4 Å². The Bertz CT molecular complexity index is 3390. The summed E-state index contributed by atoms with van der Waals surface area (Å²) in [5, 5.41) is 13.2. The molecule has 2 amide bonds. The Morgan fingerprint density at radius 3 is 2.24 bits per heavy atom. The van der Waals surface area contributed by atoms with Gasteiger partial charge in [-0.25, -0.2) is 28.7 Å². The second-order valence-electron chi connectivity index (χ2n) is 17.7. The maximum atomic E-state index is 14.3. The number of aromatic amines is 1. The van der Waals surface area contributed by atoms with Crippen molar-refractivity contribution in [3.8, 4) is 17.1 Å². The van der Waals surface area contributed by atoms with Gasteiger partial charge >= 0.3 is 0 Å². The Balaban J connectivity index is 0.000000318. The van der Waals surface area contributed by atoms with Crippen LogP contribution >= 0.6 is 0 Å². The molecule has 5 aromatic heterocycles. The molecule has 0 saturated carbocycles. The fraction of sp³-hybridized carbons (Fsp3) is 0.322. The number of carbonyl (C=O) groups excluding carboxylic acids is 2. The van der Waals surface area contributed by atoms with Gasteiger partial charge in [-0.2, -0.15) is 4.98 Å². The van der Waals surface area contributed by atoms with Crippen LogP contribution in [0.3, 0.4) is 0 Å². The highest BCUT2D eigenvalue weighted by Crippen LogP contribution is 2.35. The number of amides is 2. The van der Waals surface area contributed by atoms with Crippen molar-refractivity contribution < 1.29 is 23.5 Å². The van der Waals surface area contributed by atoms with Crippen molar-refractivity contribution in [1.29, 1.82) is 0 Å². The molecule has 20 heteroatoms. The van der Waals surface area contributed by atoms with Crippen molar-refractivity contribution in [2.75, 3.05) is 89.3 Å². The molecule has 2 aliphatic heterocycles. The lowest BCUT2D eigenvalue weighted by atomic mass is 9.99. The number of hydrogen-bond donors (Lipinski definition) is 5. The van der Waals surface area contributed by atoms with Gasteiger partial charge in [-0.15, -0.1) is 0 Å². The van der Waals surface area contributed by atoms with Crippen LogP contribution in [0.15, 0.2) is 137 Å². The average molecular weight is 1080 g/mol. The molecule has 2 aliphatic rings. The largest absolute Gasteiger partial charge is 0.383 e. The molecular formula is C59H71FN14O5. The van der Waals surface area contributed by atoms with E-state index in [0.717, 1.165) is 66.3 Å². The van der Waals surface area contributed by atoms with Crippen molar-refractivity contribution in [3.63, 3.8) is 0 Å². The smallest absolute Gasteiger partial charge is 0.278 e. The highest BCUT2D eigenvalue weighted by molar-refractivity contribution is 6.25. The van der Waals surface area contributed by atoms with Crippen LogP contribution in [-0.2, 0) is 33.8 Å². The molecule has 0 radical (unpaired) electrons. The number of piperazine rings is 1. The second-order valence-corrected chi connectivity index (χ2v) is 17.7. The van der Waals surface area contributed by atoms with Crippen LogP contribution in [0, 0.1) is 5.82 Å². The number of nitrogens with zero attached hydrogens (tertiary/aromatic N) is 9.